The molecule has 5 heteroatoms. The molecule has 0 saturated heterocycles. The number of nitrogens with zero attached hydrogens (tertiary/aromatic N) is 2. The van der Waals surface area contributed by atoms with E-state index in [4.69, 9.17) is 0 Å². The van der Waals surface area contributed by atoms with Gasteiger partial charge < -0.3 is 10.7 Å². The first kappa shape index (κ1) is 7.90. The summed E-state index contributed by atoms with van der Waals surface area (Å²) in [6.45, 7) is 0. The molecule has 0 aliphatic heterocycles. The van der Waals surface area contributed by atoms with Crippen molar-refractivity contribution < 1.29 is 5.48 Å². The summed E-state index contributed by atoms with van der Waals surface area (Å²) in [4.78, 5) is 3.97. The minimum atomic E-state index is 0.610. The number of H-pyrrole nitrogens is 1. The van der Waals surface area contributed by atoms with Crippen molar-refractivity contribution in [2.45, 2.75) is 0 Å². The molecular weight excluding hydrogens is 168 g/mol. The Kier molecular flexibility index (Phi) is 2.03. The first-order chi connectivity index (χ1) is 6.42. The molecule has 0 unspecified atom stereocenters. The Bertz CT molecular complexity index is 385. The van der Waals surface area contributed by atoms with Gasteiger partial charge in [-0.05, 0) is 6.07 Å². The van der Waals surface area contributed by atoms with Crippen molar-refractivity contribution in [3.8, 4) is 11.4 Å². The third-order valence-corrected chi connectivity index (χ3v) is 1.76. The molecule has 0 bridgehead atoms. The topological polar surface area (TPSA) is 81.2 Å². The summed E-state index contributed by atoms with van der Waals surface area (Å²) in [5.74, 6) is 0.614. The van der Waals surface area contributed by atoms with E-state index in [1.807, 2.05) is 18.2 Å². The van der Waals surface area contributed by atoms with E-state index in [0.29, 0.717) is 11.5 Å². The predicted molar refractivity (Wildman–Crippen MR) is 46.8 cm³/mol. The van der Waals surface area contributed by atoms with Gasteiger partial charge in [-0.3, -0.25) is 5.10 Å². The highest BCUT2D eigenvalue weighted by Gasteiger charge is 2.06. The molecule has 0 atom stereocenters. The van der Waals surface area contributed by atoms with Crippen LogP contribution < -0.4 is 5.48 Å². The highest BCUT2D eigenvalue weighted by atomic mass is 16.5. The zero-order chi connectivity index (χ0) is 9.10. The highest BCUT2D eigenvalue weighted by Crippen LogP contribution is 2.19. The second-order valence-corrected chi connectivity index (χ2v) is 2.54. The Morgan fingerprint density at radius 1 is 1.31 bits per heavy atom. The van der Waals surface area contributed by atoms with E-state index in [0.717, 1.165) is 11.0 Å². The van der Waals surface area contributed by atoms with Crippen LogP contribution >= 0.6 is 0 Å². The van der Waals surface area contributed by atoms with E-state index in [9.17, 15) is 5.21 Å². The summed E-state index contributed by atoms with van der Waals surface area (Å²) in [5, 5.41) is 17.1. The molecule has 2 rings (SSSR count). The second kappa shape index (κ2) is 3.34. The number of benzene rings is 1. The van der Waals surface area contributed by atoms with Crippen molar-refractivity contribution in [1.82, 2.24) is 15.2 Å². The molecule has 2 aromatic rings. The lowest BCUT2D eigenvalue weighted by Gasteiger charge is -2.04. The van der Waals surface area contributed by atoms with Crippen molar-refractivity contribution >= 4 is 5.69 Å². The number of aromatic nitrogens is 3. The van der Waals surface area contributed by atoms with Crippen LogP contribution in [0.2, 0.25) is 0 Å². The maximum Gasteiger partial charge on any atom is 0.161 e. The Hall–Kier alpha value is -1.72. The number of nitrogens with one attached hydrogen (secondary N) is 1. The van der Waals surface area contributed by atoms with E-state index in [2.05, 4.69) is 15.2 Å². The smallest absolute Gasteiger partial charge is 0.161 e. The molecule has 0 aliphatic carbocycles. The Labute approximate surface area is 74.4 Å². The largest absolute Gasteiger partial charge is 0.630 e. The Morgan fingerprint density at radius 3 is 2.85 bits per heavy atom. The quantitative estimate of drug-likeness (QED) is 0.505. The molecule has 0 radical (unpaired) electrons. The van der Waals surface area contributed by atoms with E-state index in [-0.39, 0.29) is 0 Å². The Balaban J connectivity index is 2.51. The van der Waals surface area contributed by atoms with Crippen molar-refractivity contribution in [1.29, 1.82) is 0 Å². The molecule has 0 saturated carbocycles. The molecule has 1 aromatic heterocycles. The van der Waals surface area contributed by atoms with E-state index in [1.165, 1.54) is 6.33 Å². The predicted octanol–water partition coefficient (Wildman–Crippen LogP) is 0.164. The molecule has 13 heavy (non-hydrogen) atoms. The van der Waals surface area contributed by atoms with Crippen molar-refractivity contribution in [2.75, 3.05) is 0 Å². The van der Waals surface area contributed by atoms with E-state index in [1.54, 1.807) is 6.07 Å². The maximum atomic E-state index is 10.7. The average molecular weight is 176 g/mol. The molecule has 3 N–H and O–H groups in total. The Morgan fingerprint density at radius 2 is 2.15 bits per heavy atom. The van der Waals surface area contributed by atoms with Gasteiger partial charge in [0.15, 0.2) is 5.82 Å². The van der Waals surface area contributed by atoms with Crippen LogP contribution in [-0.4, -0.2) is 15.2 Å². The van der Waals surface area contributed by atoms with Crippen LogP contribution in [0.25, 0.3) is 11.4 Å². The number of aromatic amines is 1. The van der Waals surface area contributed by atoms with Crippen LogP contribution in [0, 0.1) is 5.21 Å². The van der Waals surface area contributed by atoms with Crippen molar-refractivity contribution in [3.63, 3.8) is 0 Å². The number of hydrogen-bond acceptors (Lipinski definition) is 3. The first-order valence-electron chi connectivity index (χ1n) is 3.82. The SMILES string of the molecule is [O-][NH2+]c1ccccc1-c1ncn[nH]1. The van der Waals surface area contributed by atoms with Gasteiger partial charge in [-0.1, -0.05) is 12.1 Å². The molecule has 1 heterocycles. The van der Waals surface area contributed by atoms with Crippen LogP contribution in [0.5, 0.6) is 0 Å². The molecule has 0 amide bonds. The fourth-order valence-corrected chi connectivity index (χ4v) is 1.15. The summed E-state index contributed by atoms with van der Waals surface area (Å²) >= 11 is 0. The summed E-state index contributed by atoms with van der Waals surface area (Å²) in [7, 11) is 0. The molecule has 0 aliphatic rings. The molecule has 0 fully saturated rings. The summed E-state index contributed by atoms with van der Waals surface area (Å²) in [6, 6.07) is 7.23. The lowest BCUT2D eigenvalue weighted by atomic mass is 10.2. The minimum absolute atomic E-state index is 0.610. The number of rotatable bonds is 2. The minimum Gasteiger partial charge on any atom is -0.630 e. The van der Waals surface area contributed by atoms with E-state index < -0.39 is 0 Å². The summed E-state index contributed by atoms with van der Waals surface area (Å²) in [5.41, 5.74) is 2.19. The van der Waals surface area contributed by atoms with Gasteiger partial charge in [0.25, 0.3) is 0 Å². The number of quaternary nitrogens is 1. The van der Waals surface area contributed by atoms with Crippen molar-refractivity contribution in [3.05, 3.63) is 35.8 Å². The second-order valence-electron chi connectivity index (χ2n) is 2.54. The van der Waals surface area contributed by atoms with Gasteiger partial charge in [0.1, 0.15) is 12.0 Å². The van der Waals surface area contributed by atoms with Crippen LogP contribution in [0.3, 0.4) is 0 Å². The molecule has 1 aromatic carbocycles. The van der Waals surface area contributed by atoms with Gasteiger partial charge in [0.05, 0.1) is 5.56 Å². The molecular formula is C8H8N4O. The summed E-state index contributed by atoms with van der Waals surface area (Å²) < 4.78 is 0. The van der Waals surface area contributed by atoms with Gasteiger partial charge in [0, 0.05) is 6.07 Å². The third kappa shape index (κ3) is 1.42. The molecule has 0 spiro atoms. The molecule has 5 nitrogen and oxygen atoms in total. The fourth-order valence-electron chi connectivity index (χ4n) is 1.15. The molecule has 66 valence electrons. The first-order valence-corrected chi connectivity index (χ1v) is 3.82. The lowest BCUT2D eigenvalue weighted by Crippen LogP contribution is -2.70. The van der Waals surface area contributed by atoms with Gasteiger partial charge in [0.2, 0.25) is 0 Å². The zero-order valence-electron chi connectivity index (χ0n) is 6.77. The van der Waals surface area contributed by atoms with E-state index >= 15 is 0 Å². The standard InChI is InChI=1S/C8H8N4O/c13-12-7-4-2-1-3-6(7)8-9-5-10-11-8/h1-5H,12H2,(H,9,10,11). The van der Waals surface area contributed by atoms with Crippen LogP contribution in [0.15, 0.2) is 30.6 Å². The van der Waals surface area contributed by atoms with Gasteiger partial charge >= 0.3 is 0 Å². The maximum absolute atomic E-state index is 10.7. The average Bonchev–Trinajstić information content (AvgIpc) is 2.70. The lowest BCUT2D eigenvalue weighted by molar-refractivity contribution is -0.496. The monoisotopic (exact) mass is 176 g/mol. The van der Waals surface area contributed by atoms with Crippen LogP contribution in [-0.2, 0) is 0 Å². The van der Waals surface area contributed by atoms with Gasteiger partial charge in [-0.15, -0.1) is 0 Å². The zero-order valence-corrected chi connectivity index (χ0v) is 6.77. The fraction of sp³-hybridized carbons (Fsp3) is 0. The van der Waals surface area contributed by atoms with Gasteiger partial charge in [-0.25, -0.2) is 4.98 Å². The van der Waals surface area contributed by atoms with Crippen molar-refractivity contribution in [2.24, 2.45) is 0 Å². The van der Waals surface area contributed by atoms with Gasteiger partial charge in [-0.2, -0.15) is 5.10 Å². The number of hydrogen-bond donors (Lipinski definition) is 2. The third-order valence-electron chi connectivity index (χ3n) is 1.76. The van der Waals surface area contributed by atoms with Crippen LogP contribution in [0.4, 0.5) is 5.69 Å². The number of nitrogens with two attached hydrogens (primary N) is 1. The van der Waals surface area contributed by atoms with Crippen LogP contribution in [0.1, 0.15) is 0 Å². The summed E-state index contributed by atoms with van der Waals surface area (Å²) in [6.07, 6.45) is 1.41. The highest BCUT2D eigenvalue weighted by molar-refractivity contribution is 5.66. The normalized spacial score (nSPS) is 10.2.